The van der Waals surface area contributed by atoms with Gasteiger partial charge in [0.05, 0.1) is 5.92 Å². The van der Waals surface area contributed by atoms with E-state index in [0.29, 0.717) is 5.92 Å². The fourth-order valence-electron chi connectivity index (χ4n) is 3.31. The molecule has 14 heavy (non-hydrogen) atoms. The number of hydrogen-bond acceptors (Lipinski definition) is 1. The minimum atomic E-state index is -0.571. The summed E-state index contributed by atoms with van der Waals surface area (Å²) in [4.78, 5) is 11.1. The maximum atomic E-state index is 11.1. The molecule has 0 amide bonds. The first-order valence-corrected chi connectivity index (χ1v) is 5.60. The fourth-order valence-corrected chi connectivity index (χ4v) is 3.31. The standard InChI is InChI=1S/C12H18O2/c1-2-12-8-6-4-3-5-7-9(12)10(12)11(13)14/h3-4,9-10H,2,5-8H2,1H3,(H,13,14)/b4-3-/t9-,10+,12+/m0/s1. The molecule has 1 N–H and O–H groups in total. The minimum Gasteiger partial charge on any atom is -0.481 e. The van der Waals surface area contributed by atoms with Gasteiger partial charge in [-0.1, -0.05) is 19.1 Å². The molecule has 0 aromatic heterocycles. The van der Waals surface area contributed by atoms with Crippen LogP contribution in [0.5, 0.6) is 0 Å². The molecule has 2 aliphatic carbocycles. The van der Waals surface area contributed by atoms with E-state index in [1.165, 1.54) is 0 Å². The summed E-state index contributed by atoms with van der Waals surface area (Å²) in [7, 11) is 0. The Morgan fingerprint density at radius 3 is 2.86 bits per heavy atom. The Morgan fingerprint density at radius 1 is 1.50 bits per heavy atom. The molecule has 2 rings (SSSR count). The maximum absolute atomic E-state index is 11.1. The monoisotopic (exact) mass is 194 g/mol. The first-order valence-electron chi connectivity index (χ1n) is 5.60. The van der Waals surface area contributed by atoms with Gasteiger partial charge >= 0.3 is 5.97 Å². The van der Waals surface area contributed by atoms with E-state index in [4.69, 9.17) is 5.11 Å². The zero-order valence-corrected chi connectivity index (χ0v) is 8.70. The average Bonchev–Trinajstić information content (AvgIpc) is 2.73. The van der Waals surface area contributed by atoms with Gasteiger partial charge in [-0.15, -0.1) is 0 Å². The van der Waals surface area contributed by atoms with Crippen LogP contribution in [0.1, 0.15) is 39.0 Å². The normalized spacial score (nSPS) is 43.2. The number of allylic oxidation sites excluding steroid dienone is 2. The van der Waals surface area contributed by atoms with Crippen molar-refractivity contribution in [1.29, 1.82) is 0 Å². The Kier molecular flexibility index (Phi) is 2.38. The highest BCUT2D eigenvalue weighted by Gasteiger charge is 2.65. The highest BCUT2D eigenvalue weighted by Crippen LogP contribution is 2.66. The lowest BCUT2D eigenvalue weighted by molar-refractivity contribution is -0.139. The average molecular weight is 194 g/mol. The summed E-state index contributed by atoms with van der Waals surface area (Å²) in [5, 5.41) is 9.14. The SMILES string of the molecule is CC[C@@]12CC/C=C\CC[C@H]1[C@@H]2C(=O)O. The lowest BCUT2D eigenvalue weighted by Gasteiger charge is -2.15. The van der Waals surface area contributed by atoms with E-state index >= 15 is 0 Å². The van der Waals surface area contributed by atoms with Crippen LogP contribution in [0.15, 0.2) is 12.2 Å². The van der Waals surface area contributed by atoms with Crippen LogP contribution >= 0.6 is 0 Å². The van der Waals surface area contributed by atoms with Gasteiger partial charge in [-0.3, -0.25) is 4.79 Å². The molecule has 2 heteroatoms. The zero-order chi connectivity index (χ0) is 10.2. The van der Waals surface area contributed by atoms with Crippen LogP contribution in [0.25, 0.3) is 0 Å². The van der Waals surface area contributed by atoms with E-state index in [9.17, 15) is 4.79 Å². The highest BCUT2D eigenvalue weighted by molar-refractivity contribution is 5.75. The molecule has 2 nitrogen and oxygen atoms in total. The van der Waals surface area contributed by atoms with Crippen molar-refractivity contribution in [2.75, 3.05) is 0 Å². The van der Waals surface area contributed by atoms with Crippen LogP contribution in [0.4, 0.5) is 0 Å². The van der Waals surface area contributed by atoms with Crippen molar-refractivity contribution in [1.82, 2.24) is 0 Å². The van der Waals surface area contributed by atoms with Crippen molar-refractivity contribution in [3.63, 3.8) is 0 Å². The molecule has 1 saturated carbocycles. The summed E-state index contributed by atoms with van der Waals surface area (Å²) in [6, 6.07) is 0. The van der Waals surface area contributed by atoms with Crippen molar-refractivity contribution in [2.45, 2.75) is 39.0 Å². The second kappa shape index (κ2) is 3.41. The quantitative estimate of drug-likeness (QED) is 0.686. The predicted octanol–water partition coefficient (Wildman–Crippen LogP) is 2.84. The fraction of sp³-hybridized carbons (Fsp3) is 0.750. The Bertz CT molecular complexity index is 269. The summed E-state index contributed by atoms with van der Waals surface area (Å²) in [5.41, 5.74) is 0.149. The topological polar surface area (TPSA) is 37.3 Å². The van der Waals surface area contributed by atoms with Crippen LogP contribution in [0, 0.1) is 17.3 Å². The Labute approximate surface area is 85.0 Å². The van der Waals surface area contributed by atoms with Gasteiger partial charge in [0, 0.05) is 0 Å². The van der Waals surface area contributed by atoms with Crippen molar-refractivity contribution < 1.29 is 9.90 Å². The van der Waals surface area contributed by atoms with E-state index in [2.05, 4.69) is 19.1 Å². The summed E-state index contributed by atoms with van der Waals surface area (Å²) in [6.07, 6.45) is 9.72. The smallest absolute Gasteiger partial charge is 0.307 e. The van der Waals surface area contributed by atoms with Gasteiger partial charge in [-0.2, -0.15) is 0 Å². The molecule has 0 aromatic rings. The van der Waals surface area contributed by atoms with Crippen molar-refractivity contribution >= 4 is 5.97 Å². The molecule has 0 bridgehead atoms. The van der Waals surface area contributed by atoms with E-state index in [-0.39, 0.29) is 11.3 Å². The van der Waals surface area contributed by atoms with Crippen LogP contribution in [0.2, 0.25) is 0 Å². The Hall–Kier alpha value is -0.790. The molecular formula is C12H18O2. The molecular weight excluding hydrogens is 176 g/mol. The lowest BCUT2D eigenvalue weighted by Crippen LogP contribution is -2.09. The van der Waals surface area contributed by atoms with Crippen LogP contribution in [-0.2, 0) is 4.79 Å². The van der Waals surface area contributed by atoms with E-state index in [0.717, 1.165) is 32.1 Å². The summed E-state index contributed by atoms with van der Waals surface area (Å²) >= 11 is 0. The first-order chi connectivity index (χ1) is 6.72. The highest BCUT2D eigenvalue weighted by atomic mass is 16.4. The number of carbonyl (C=O) groups is 1. The zero-order valence-electron chi connectivity index (χ0n) is 8.70. The molecule has 3 atom stereocenters. The molecule has 0 spiro atoms. The van der Waals surface area contributed by atoms with Crippen LogP contribution < -0.4 is 0 Å². The van der Waals surface area contributed by atoms with Crippen molar-refractivity contribution in [3.8, 4) is 0 Å². The Morgan fingerprint density at radius 2 is 2.21 bits per heavy atom. The second-order valence-corrected chi connectivity index (χ2v) is 4.60. The summed E-state index contributed by atoms with van der Waals surface area (Å²) < 4.78 is 0. The predicted molar refractivity (Wildman–Crippen MR) is 54.9 cm³/mol. The maximum Gasteiger partial charge on any atom is 0.307 e. The van der Waals surface area contributed by atoms with Gasteiger partial charge in [0.1, 0.15) is 0 Å². The van der Waals surface area contributed by atoms with Gasteiger partial charge in [0.15, 0.2) is 0 Å². The van der Waals surface area contributed by atoms with Crippen molar-refractivity contribution in [3.05, 3.63) is 12.2 Å². The molecule has 1 fully saturated rings. The molecule has 0 aliphatic heterocycles. The lowest BCUT2D eigenvalue weighted by atomic mass is 9.90. The Balaban J connectivity index is 2.15. The summed E-state index contributed by atoms with van der Waals surface area (Å²) in [5.74, 6) is -0.166. The van der Waals surface area contributed by atoms with E-state index in [1.807, 2.05) is 0 Å². The van der Waals surface area contributed by atoms with Gasteiger partial charge in [-0.25, -0.2) is 0 Å². The number of carboxylic acids is 1. The summed E-state index contributed by atoms with van der Waals surface area (Å²) in [6.45, 7) is 2.14. The molecule has 0 aromatic carbocycles. The first kappa shape index (κ1) is 9.75. The second-order valence-electron chi connectivity index (χ2n) is 4.60. The number of hydrogen-bond donors (Lipinski definition) is 1. The molecule has 0 unspecified atom stereocenters. The third-order valence-corrected chi connectivity index (χ3v) is 4.16. The molecule has 0 heterocycles. The third kappa shape index (κ3) is 1.28. The van der Waals surface area contributed by atoms with Crippen LogP contribution in [-0.4, -0.2) is 11.1 Å². The van der Waals surface area contributed by atoms with Gasteiger partial charge < -0.3 is 5.11 Å². The van der Waals surface area contributed by atoms with Crippen molar-refractivity contribution in [2.24, 2.45) is 17.3 Å². The van der Waals surface area contributed by atoms with Gasteiger partial charge in [-0.05, 0) is 43.4 Å². The number of carboxylic acid groups (broad SMARTS) is 1. The van der Waals surface area contributed by atoms with Gasteiger partial charge in [0.25, 0.3) is 0 Å². The number of rotatable bonds is 2. The number of fused-ring (bicyclic) bond motifs is 1. The molecule has 0 saturated heterocycles. The molecule has 78 valence electrons. The van der Waals surface area contributed by atoms with E-state index in [1.54, 1.807) is 0 Å². The minimum absolute atomic E-state index is 0.0487. The molecule has 2 aliphatic rings. The third-order valence-electron chi connectivity index (χ3n) is 4.16. The van der Waals surface area contributed by atoms with E-state index < -0.39 is 5.97 Å². The van der Waals surface area contributed by atoms with Crippen LogP contribution in [0.3, 0.4) is 0 Å². The van der Waals surface area contributed by atoms with Gasteiger partial charge in [0.2, 0.25) is 0 Å². The largest absolute Gasteiger partial charge is 0.481 e. The molecule has 0 radical (unpaired) electrons. The number of aliphatic carboxylic acids is 1.